The van der Waals surface area contributed by atoms with Crippen LogP contribution in [0.3, 0.4) is 0 Å². The van der Waals surface area contributed by atoms with Gasteiger partial charge in [0.15, 0.2) is 5.82 Å². The monoisotopic (exact) mass is 373 g/mol. The van der Waals surface area contributed by atoms with Crippen molar-refractivity contribution in [1.82, 2.24) is 34.9 Å². The summed E-state index contributed by atoms with van der Waals surface area (Å²) in [5.41, 5.74) is 1.72. The van der Waals surface area contributed by atoms with Gasteiger partial charge in [0.25, 0.3) is 0 Å². The Bertz CT molecular complexity index is 843. The van der Waals surface area contributed by atoms with Crippen molar-refractivity contribution in [2.24, 2.45) is 0 Å². The number of fused-ring (bicyclic) bond motifs is 2. The van der Waals surface area contributed by atoms with Crippen LogP contribution < -0.4 is 0 Å². The molecule has 4 rings (SSSR count). The maximum Gasteiger partial charge on any atom is 0.303 e. The summed E-state index contributed by atoms with van der Waals surface area (Å²) in [6, 6.07) is 1.92. The Balaban J connectivity index is 1.51. The van der Waals surface area contributed by atoms with Crippen molar-refractivity contribution >= 4 is 11.9 Å². The molecule has 1 amide bonds. The summed E-state index contributed by atoms with van der Waals surface area (Å²) in [6.45, 7) is 2.64. The summed E-state index contributed by atoms with van der Waals surface area (Å²) in [7, 11) is 0. The van der Waals surface area contributed by atoms with Crippen molar-refractivity contribution in [3.05, 3.63) is 23.3 Å². The molecule has 2 aliphatic rings. The van der Waals surface area contributed by atoms with Crippen LogP contribution in [0.25, 0.3) is 0 Å². The van der Waals surface area contributed by atoms with Gasteiger partial charge in [-0.2, -0.15) is 5.10 Å². The predicted molar refractivity (Wildman–Crippen MR) is 92.6 cm³/mol. The van der Waals surface area contributed by atoms with E-state index in [1.165, 1.54) is 0 Å². The van der Waals surface area contributed by atoms with E-state index >= 15 is 0 Å². The van der Waals surface area contributed by atoms with Crippen LogP contribution in [0.2, 0.25) is 0 Å². The number of nitrogens with zero attached hydrogens (tertiary/aromatic N) is 7. The fourth-order valence-electron chi connectivity index (χ4n) is 3.88. The molecule has 1 N–H and O–H groups in total. The second-order valence-electron chi connectivity index (χ2n) is 7.17. The Morgan fingerprint density at radius 1 is 1.15 bits per heavy atom. The maximum absolute atomic E-state index is 13.3. The minimum atomic E-state index is -0.832. The molecule has 10 heteroatoms. The Kier molecular flexibility index (Phi) is 4.87. The van der Waals surface area contributed by atoms with Crippen molar-refractivity contribution in [1.29, 1.82) is 0 Å². The molecule has 2 aliphatic heterocycles. The van der Waals surface area contributed by atoms with Gasteiger partial charge in [0.1, 0.15) is 0 Å². The van der Waals surface area contributed by atoms with E-state index in [4.69, 9.17) is 5.11 Å². The van der Waals surface area contributed by atoms with Gasteiger partial charge in [-0.1, -0.05) is 6.42 Å². The molecule has 0 fully saturated rings. The average Bonchev–Trinajstić information content (AvgIpc) is 3.15. The molecule has 0 saturated carbocycles. The van der Waals surface area contributed by atoms with E-state index in [1.807, 2.05) is 15.6 Å². The third-order valence-corrected chi connectivity index (χ3v) is 5.25. The molecule has 0 spiro atoms. The lowest BCUT2D eigenvalue weighted by Gasteiger charge is -2.24. The van der Waals surface area contributed by atoms with Crippen molar-refractivity contribution in [3.8, 4) is 0 Å². The summed E-state index contributed by atoms with van der Waals surface area (Å²) < 4.78 is 3.66. The number of amides is 1. The van der Waals surface area contributed by atoms with E-state index in [1.54, 1.807) is 4.68 Å². The number of carboxylic acids is 1. The lowest BCUT2D eigenvalue weighted by atomic mass is 10.0. The van der Waals surface area contributed by atoms with Crippen molar-refractivity contribution < 1.29 is 14.7 Å². The Hall–Kier alpha value is -2.78. The van der Waals surface area contributed by atoms with E-state index in [0.29, 0.717) is 25.3 Å². The molecular formula is C17H23N7O3. The van der Waals surface area contributed by atoms with E-state index in [2.05, 4.69) is 20.6 Å². The molecule has 1 atom stereocenters. The van der Waals surface area contributed by atoms with Crippen LogP contribution in [-0.2, 0) is 35.6 Å². The Labute approximate surface area is 156 Å². The second kappa shape index (κ2) is 7.45. The first-order chi connectivity index (χ1) is 13.1. The highest BCUT2D eigenvalue weighted by Crippen LogP contribution is 2.27. The van der Waals surface area contributed by atoms with Crippen LogP contribution in [0, 0.1) is 0 Å². The molecule has 27 heavy (non-hydrogen) atoms. The summed E-state index contributed by atoms with van der Waals surface area (Å²) in [4.78, 5) is 25.9. The summed E-state index contributed by atoms with van der Waals surface area (Å²) >= 11 is 0. The lowest BCUT2D eigenvalue weighted by Crippen LogP contribution is -2.35. The molecular weight excluding hydrogens is 350 g/mol. The van der Waals surface area contributed by atoms with Crippen LogP contribution in [0.1, 0.15) is 55.2 Å². The zero-order chi connectivity index (χ0) is 18.8. The first kappa shape index (κ1) is 17.6. The van der Waals surface area contributed by atoms with Gasteiger partial charge in [0.2, 0.25) is 5.91 Å². The minimum Gasteiger partial charge on any atom is -0.481 e. The molecule has 0 aliphatic carbocycles. The van der Waals surface area contributed by atoms with E-state index in [-0.39, 0.29) is 18.2 Å². The van der Waals surface area contributed by atoms with Gasteiger partial charge >= 0.3 is 5.97 Å². The predicted octanol–water partition coefficient (Wildman–Crippen LogP) is 0.587. The van der Waals surface area contributed by atoms with Crippen LogP contribution >= 0.6 is 0 Å². The van der Waals surface area contributed by atoms with Gasteiger partial charge in [-0.25, -0.2) is 4.68 Å². The average molecular weight is 373 g/mol. The minimum absolute atomic E-state index is 0.0594. The smallest absolute Gasteiger partial charge is 0.303 e. The van der Waals surface area contributed by atoms with Gasteiger partial charge in [0.05, 0.1) is 30.3 Å². The molecule has 2 aromatic rings. The molecule has 0 bridgehead atoms. The van der Waals surface area contributed by atoms with Gasteiger partial charge in [0, 0.05) is 26.1 Å². The largest absolute Gasteiger partial charge is 0.481 e. The topological polar surface area (TPSA) is 119 Å². The molecule has 0 radical (unpaired) electrons. The second-order valence-corrected chi connectivity index (χ2v) is 7.17. The first-order valence-corrected chi connectivity index (χ1v) is 9.44. The molecule has 4 heterocycles. The number of hydrogen-bond acceptors (Lipinski definition) is 6. The first-order valence-electron chi connectivity index (χ1n) is 9.44. The third-order valence-electron chi connectivity index (χ3n) is 5.25. The number of carboxylic acid groups (broad SMARTS) is 1. The SMILES string of the molecule is O=C(O)CCc1cc2n(n1)CCCN(C(=O)[C@H]1CCCCn3nnnc31)C2. The van der Waals surface area contributed by atoms with Gasteiger partial charge in [-0.15, -0.1) is 5.10 Å². The normalized spacial score (nSPS) is 19.7. The number of tetrazole rings is 1. The van der Waals surface area contributed by atoms with E-state index < -0.39 is 5.97 Å². The summed E-state index contributed by atoms with van der Waals surface area (Å²) in [5, 5.41) is 25.2. The van der Waals surface area contributed by atoms with Gasteiger partial charge in [-0.3, -0.25) is 14.3 Å². The number of carbonyl (C=O) groups is 2. The number of rotatable bonds is 4. The highest BCUT2D eigenvalue weighted by atomic mass is 16.4. The number of hydrogen-bond donors (Lipinski definition) is 1. The zero-order valence-corrected chi connectivity index (χ0v) is 15.1. The zero-order valence-electron chi connectivity index (χ0n) is 15.1. The van der Waals surface area contributed by atoms with E-state index in [9.17, 15) is 9.59 Å². The number of carbonyl (C=O) groups excluding carboxylic acids is 1. The third kappa shape index (κ3) is 3.69. The maximum atomic E-state index is 13.3. The van der Waals surface area contributed by atoms with Gasteiger partial charge in [-0.05, 0) is 35.8 Å². The van der Waals surface area contributed by atoms with Crippen molar-refractivity contribution in [2.75, 3.05) is 6.54 Å². The molecule has 144 valence electrons. The quantitative estimate of drug-likeness (QED) is 0.833. The number of aryl methyl sites for hydroxylation is 3. The van der Waals surface area contributed by atoms with Crippen molar-refractivity contribution in [3.63, 3.8) is 0 Å². The molecule has 10 nitrogen and oxygen atoms in total. The molecule has 0 saturated heterocycles. The number of aliphatic carboxylic acids is 1. The van der Waals surface area contributed by atoms with E-state index in [0.717, 1.165) is 50.2 Å². The summed E-state index contributed by atoms with van der Waals surface area (Å²) in [5.74, 6) is -0.406. The van der Waals surface area contributed by atoms with Crippen LogP contribution in [0.5, 0.6) is 0 Å². The standard InChI is InChI=1S/C17H23N7O3/c25-15(26)6-5-12-10-13-11-22(7-3-9-23(13)19-12)17(27)14-4-1-2-8-24-16(14)18-20-21-24/h10,14H,1-9,11H2,(H,25,26)/t14-/m0/s1. The van der Waals surface area contributed by atoms with Crippen molar-refractivity contribution in [2.45, 2.75) is 64.1 Å². The van der Waals surface area contributed by atoms with Crippen LogP contribution in [0.4, 0.5) is 0 Å². The van der Waals surface area contributed by atoms with Gasteiger partial charge < -0.3 is 10.0 Å². The Morgan fingerprint density at radius 3 is 2.85 bits per heavy atom. The van der Waals surface area contributed by atoms with Crippen LogP contribution in [0.15, 0.2) is 6.07 Å². The highest BCUT2D eigenvalue weighted by molar-refractivity contribution is 5.83. The fraction of sp³-hybridized carbons (Fsp3) is 0.647. The fourth-order valence-corrected chi connectivity index (χ4v) is 3.88. The molecule has 0 unspecified atom stereocenters. The molecule has 2 aromatic heterocycles. The highest BCUT2D eigenvalue weighted by Gasteiger charge is 2.33. The Morgan fingerprint density at radius 2 is 2.00 bits per heavy atom. The number of aromatic nitrogens is 6. The molecule has 0 aromatic carbocycles. The van der Waals surface area contributed by atoms with Crippen LogP contribution in [-0.4, -0.2) is 58.4 Å². The summed E-state index contributed by atoms with van der Waals surface area (Å²) in [6.07, 6.45) is 3.98. The lowest BCUT2D eigenvalue weighted by molar-refractivity contribution is -0.137.